The lowest BCUT2D eigenvalue weighted by atomic mass is 10.2. The van der Waals surface area contributed by atoms with Crippen LogP contribution in [0.4, 0.5) is 10.1 Å². The van der Waals surface area contributed by atoms with Crippen LogP contribution >= 0.6 is 23.2 Å². The Morgan fingerprint density at radius 1 is 1.21 bits per heavy atom. The van der Waals surface area contributed by atoms with E-state index in [1.807, 2.05) is 0 Å². The second kappa shape index (κ2) is 5.90. The van der Waals surface area contributed by atoms with Crippen molar-refractivity contribution in [2.75, 3.05) is 5.73 Å². The Bertz CT molecular complexity index is 628. The molecule has 2 N–H and O–H groups in total. The Hall–Kier alpha value is -1.10. The fraction of sp³-hybridized carbons (Fsp3) is 0.0769. The van der Waals surface area contributed by atoms with Crippen LogP contribution in [0.3, 0.4) is 0 Å². The smallest absolute Gasteiger partial charge is 0.127 e. The molecule has 0 aliphatic heterocycles. The lowest BCUT2D eigenvalue weighted by Gasteiger charge is -2.08. The van der Waals surface area contributed by atoms with Gasteiger partial charge in [-0.3, -0.25) is 4.21 Å². The largest absolute Gasteiger partial charge is 0.398 e. The van der Waals surface area contributed by atoms with Gasteiger partial charge in [-0.25, -0.2) is 4.39 Å². The van der Waals surface area contributed by atoms with Gasteiger partial charge in [0.15, 0.2) is 0 Å². The molecule has 19 heavy (non-hydrogen) atoms. The molecular formula is C13H10Cl2FNOS. The molecule has 0 fully saturated rings. The third-order valence-electron chi connectivity index (χ3n) is 2.52. The van der Waals surface area contributed by atoms with Gasteiger partial charge in [-0.1, -0.05) is 29.3 Å². The molecule has 0 aromatic heterocycles. The molecule has 2 aromatic rings. The normalized spacial score (nSPS) is 12.4. The zero-order valence-electron chi connectivity index (χ0n) is 9.70. The number of hydrogen-bond acceptors (Lipinski definition) is 2. The summed E-state index contributed by atoms with van der Waals surface area (Å²) in [7, 11) is -1.53. The summed E-state index contributed by atoms with van der Waals surface area (Å²) >= 11 is 11.8. The Kier molecular flexibility index (Phi) is 4.45. The summed E-state index contributed by atoms with van der Waals surface area (Å²) in [5.74, 6) is -0.483. The van der Waals surface area contributed by atoms with Gasteiger partial charge in [0, 0.05) is 16.3 Å². The molecule has 2 rings (SSSR count). The quantitative estimate of drug-likeness (QED) is 0.869. The molecule has 0 amide bonds. The van der Waals surface area contributed by atoms with Crippen molar-refractivity contribution in [2.24, 2.45) is 0 Å². The second-order valence-electron chi connectivity index (χ2n) is 3.88. The summed E-state index contributed by atoms with van der Waals surface area (Å²) in [4.78, 5) is 0.323. The summed E-state index contributed by atoms with van der Waals surface area (Å²) in [6.07, 6.45) is 0. The molecule has 0 heterocycles. The summed E-state index contributed by atoms with van der Waals surface area (Å²) in [5, 5.41) is 0.696. The molecule has 6 heteroatoms. The third kappa shape index (κ3) is 3.26. The number of nitrogens with two attached hydrogens (primary N) is 1. The van der Waals surface area contributed by atoms with Crippen molar-refractivity contribution < 1.29 is 8.60 Å². The van der Waals surface area contributed by atoms with Crippen molar-refractivity contribution >= 4 is 39.7 Å². The van der Waals surface area contributed by atoms with E-state index in [0.717, 1.165) is 0 Å². The molecule has 0 aliphatic rings. The molecule has 1 atom stereocenters. The first-order valence-corrected chi connectivity index (χ1v) is 7.43. The summed E-state index contributed by atoms with van der Waals surface area (Å²) in [5.41, 5.74) is 6.34. The standard InChI is InChI=1S/C13H10Cl2FNOS/c14-9-4-5-11(16)8(6-9)7-19(18)13-10(15)2-1-3-12(13)17/h1-6H,7,17H2. The average Bonchev–Trinajstić information content (AvgIpc) is 2.33. The van der Waals surface area contributed by atoms with Crippen molar-refractivity contribution in [3.8, 4) is 0 Å². The van der Waals surface area contributed by atoms with Gasteiger partial charge in [-0.2, -0.15) is 0 Å². The molecule has 1 unspecified atom stereocenters. The van der Waals surface area contributed by atoms with Gasteiger partial charge in [0.25, 0.3) is 0 Å². The van der Waals surface area contributed by atoms with Gasteiger partial charge in [-0.15, -0.1) is 0 Å². The predicted octanol–water partition coefficient (Wildman–Crippen LogP) is 4.02. The first-order valence-electron chi connectivity index (χ1n) is 5.35. The highest BCUT2D eigenvalue weighted by atomic mass is 35.5. The van der Waals surface area contributed by atoms with E-state index in [2.05, 4.69) is 0 Å². The first kappa shape index (κ1) is 14.3. The van der Waals surface area contributed by atoms with Gasteiger partial charge in [0.1, 0.15) is 5.82 Å². The Balaban J connectivity index is 2.34. The number of rotatable bonds is 3. The molecule has 0 bridgehead atoms. The maximum Gasteiger partial charge on any atom is 0.127 e. The molecule has 2 aromatic carbocycles. The molecule has 0 saturated heterocycles. The van der Waals surface area contributed by atoms with E-state index in [4.69, 9.17) is 28.9 Å². The van der Waals surface area contributed by atoms with Crippen LogP contribution in [0.25, 0.3) is 0 Å². The molecule has 100 valence electrons. The van der Waals surface area contributed by atoms with Gasteiger partial charge < -0.3 is 5.73 Å². The fourth-order valence-electron chi connectivity index (χ4n) is 1.63. The highest BCUT2D eigenvalue weighted by Crippen LogP contribution is 2.28. The van der Waals surface area contributed by atoms with E-state index in [0.29, 0.717) is 20.6 Å². The van der Waals surface area contributed by atoms with Crippen LogP contribution in [-0.2, 0) is 16.6 Å². The number of hydrogen-bond donors (Lipinski definition) is 1. The van der Waals surface area contributed by atoms with Crippen molar-refractivity contribution in [3.63, 3.8) is 0 Å². The van der Waals surface area contributed by atoms with E-state index < -0.39 is 16.6 Å². The van der Waals surface area contributed by atoms with Crippen molar-refractivity contribution in [2.45, 2.75) is 10.6 Å². The molecule has 0 radical (unpaired) electrons. The molecular weight excluding hydrogens is 308 g/mol. The summed E-state index contributed by atoms with van der Waals surface area (Å²) < 4.78 is 25.8. The summed E-state index contributed by atoms with van der Waals surface area (Å²) in [6, 6.07) is 8.99. The lowest BCUT2D eigenvalue weighted by Crippen LogP contribution is -2.03. The zero-order chi connectivity index (χ0) is 14.0. The van der Waals surface area contributed by atoms with Crippen molar-refractivity contribution in [3.05, 3.63) is 57.8 Å². The van der Waals surface area contributed by atoms with E-state index in [-0.39, 0.29) is 11.3 Å². The highest BCUT2D eigenvalue weighted by Gasteiger charge is 2.15. The van der Waals surface area contributed by atoms with Crippen molar-refractivity contribution in [1.29, 1.82) is 0 Å². The van der Waals surface area contributed by atoms with E-state index in [9.17, 15) is 8.60 Å². The third-order valence-corrected chi connectivity index (χ3v) is 4.67. The number of nitrogen functional groups attached to an aromatic ring is 1. The van der Waals surface area contributed by atoms with Crippen LogP contribution in [0.1, 0.15) is 5.56 Å². The minimum Gasteiger partial charge on any atom is -0.398 e. The van der Waals surface area contributed by atoms with Gasteiger partial charge >= 0.3 is 0 Å². The van der Waals surface area contributed by atoms with Crippen LogP contribution in [0.15, 0.2) is 41.3 Å². The Morgan fingerprint density at radius 3 is 2.63 bits per heavy atom. The molecule has 0 aliphatic carbocycles. The fourth-order valence-corrected chi connectivity index (χ4v) is 3.53. The lowest BCUT2D eigenvalue weighted by molar-refractivity contribution is 0.615. The van der Waals surface area contributed by atoms with E-state index >= 15 is 0 Å². The van der Waals surface area contributed by atoms with Crippen LogP contribution in [0, 0.1) is 5.82 Å². The van der Waals surface area contributed by atoms with Crippen LogP contribution < -0.4 is 5.73 Å². The van der Waals surface area contributed by atoms with E-state index in [1.54, 1.807) is 18.2 Å². The van der Waals surface area contributed by atoms with Crippen LogP contribution in [-0.4, -0.2) is 4.21 Å². The average molecular weight is 318 g/mol. The molecule has 0 saturated carbocycles. The maximum absolute atomic E-state index is 13.6. The van der Waals surface area contributed by atoms with Crippen LogP contribution in [0.5, 0.6) is 0 Å². The topological polar surface area (TPSA) is 43.1 Å². The van der Waals surface area contributed by atoms with Crippen LogP contribution in [0.2, 0.25) is 10.0 Å². The second-order valence-corrected chi connectivity index (χ2v) is 6.12. The highest BCUT2D eigenvalue weighted by molar-refractivity contribution is 7.84. The van der Waals surface area contributed by atoms with Gasteiger partial charge in [-0.05, 0) is 30.3 Å². The van der Waals surface area contributed by atoms with E-state index in [1.165, 1.54) is 18.2 Å². The van der Waals surface area contributed by atoms with Gasteiger partial charge in [0.2, 0.25) is 0 Å². The number of benzene rings is 2. The summed E-state index contributed by atoms with van der Waals surface area (Å²) in [6.45, 7) is 0. The maximum atomic E-state index is 13.6. The minimum atomic E-state index is -1.53. The van der Waals surface area contributed by atoms with Gasteiger partial charge in [0.05, 0.1) is 26.5 Å². The zero-order valence-corrected chi connectivity index (χ0v) is 12.0. The predicted molar refractivity (Wildman–Crippen MR) is 77.4 cm³/mol. The monoisotopic (exact) mass is 317 g/mol. The SMILES string of the molecule is Nc1cccc(Cl)c1S(=O)Cc1cc(Cl)ccc1F. The number of anilines is 1. The molecule has 2 nitrogen and oxygen atoms in total. The van der Waals surface area contributed by atoms with Crippen molar-refractivity contribution in [1.82, 2.24) is 0 Å². The number of halogens is 3. The first-order chi connectivity index (χ1) is 8.99. The molecule has 0 spiro atoms. The Morgan fingerprint density at radius 2 is 1.95 bits per heavy atom. The Labute approximate surface area is 122 Å². The minimum absolute atomic E-state index is 0.0275.